The zero-order chi connectivity index (χ0) is 18.8. The molecule has 0 radical (unpaired) electrons. The number of aliphatic hydroxyl groups is 4. The summed E-state index contributed by atoms with van der Waals surface area (Å²) in [5, 5.41) is 46.7. The van der Waals surface area contributed by atoms with Gasteiger partial charge in [-0.2, -0.15) is 10.2 Å². The molecule has 1 unspecified atom stereocenters. The molecule has 3 atom stereocenters. The molecule has 0 saturated carbocycles. The van der Waals surface area contributed by atoms with Gasteiger partial charge in [0.05, 0.1) is 24.2 Å². The van der Waals surface area contributed by atoms with Crippen molar-refractivity contribution in [2.24, 2.45) is 10.2 Å². The van der Waals surface area contributed by atoms with Gasteiger partial charge in [0.1, 0.15) is 24.0 Å². The zero-order valence-electron chi connectivity index (χ0n) is 14.0. The highest BCUT2D eigenvalue weighted by Crippen LogP contribution is 2.08. The third-order valence-corrected chi connectivity index (χ3v) is 3.46. The smallest absolute Gasteiger partial charge is 0.128 e. The predicted octanol–water partition coefficient (Wildman–Crippen LogP) is 0.627. The molecular weight excluding hydrogens is 336 g/mol. The summed E-state index contributed by atoms with van der Waals surface area (Å²) in [5.41, 5.74) is 6.87. The van der Waals surface area contributed by atoms with E-state index in [0.29, 0.717) is 5.69 Å². The third-order valence-electron chi connectivity index (χ3n) is 3.46. The van der Waals surface area contributed by atoms with Gasteiger partial charge < -0.3 is 20.4 Å². The molecule has 0 saturated heterocycles. The normalized spacial score (nSPS) is 15.5. The molecule has 2 rings (SSSR count). The summed E-state index contributed by atoms with van der Waals surface area (Å²) in [6, 6.07) is 18.1. The van der Waals surface area contributed by atoms with E-state index in [4.69, 9.17) is 5.11 Å². The molecular formula is C18H22N4O4. The van der Waals surface area contributed by atoms with Crippen LogP contribution in [0.4, 0.5) is 11.4 Å². The van der Waals surface area contributed by atoms with Crippen LogP contribution in [0.25, 0.3) is 0 Å². The molecule has 0 bridgehead atoms. The first kappa shape index (κ1) is 19.5. The van der Waals surface area contributed by atoms with Gasteiger partial charge in [-0.3, -0.25) is 10.9 Å². The van der Waals surface area contributed by atoms with Crippen LogP contribution in [0.1, 0.15) is 0 Å². The van der Waals surface area contributed by atoms with Crippen LogP contribution >= 0.6 is 0 Å². The molecule has 8 nitrogen and oxygen atoms in total. The van der Waals surface area contributed by atoms with Crippen molar-refractivity contribution >= 4 is 23.3 Å². The topological polar surface area (TPSA) is 130 Å². The molecule has 0 fully saturated rings. The molecule has 0 aliphatic carbocycles. The first-order chi connectivity index (χ1) is 12.6. The molecule has 0 aliphatic heterocycles. The van der Waals surface area contributed by atoms with Crippen LogP contribution in [0.5, 0.6) is 0 Å². The maximum absolute atomic E-state index is 10.2. The Hall–Kier alpha value is -2.78. The van der Waals surface area contributed by atoms with E-state index in [1.807, 2.05) is 36.4 Å². The molecule has 138 valence electrons. The minimum atomic E-state index is -1.63. The summed E-state index contributed by atoms with van der Waals surface area (Å²) in [6.45, 7) is -0.697. The standard InChI is InChI=1S/C18H22N4O4/c23-12-16(24)18(26)17(25)15(22-21-14-9-5-2-6-10-14)11-19-20-13-7-3-1-4-8-13/h1-11,16-18,20-21,23-26H,12H2/t16-,17?,18-/m0/s1. The minimum Gasteiger partial charge on any atom is -0.394 e. The van der Waals surface area contributed by atoms with E-state index in [-0.39, 0.29) is 5.71 Å². The Labute approximate surface area is 151 Å². The van der Waals surface area contributed by atoms with Crippen LogP contribution in [0, 0.1) is 0 Å². The predicted molar refractivity (Wildman–Crippen MR) is 101 cm³/mol. The van der Waals surface area contributed by atoms with Crippen LogP contribution in [0.2, 0.25) is 0 Å². The fourth-order valence-corrected chi connectivity index (χ4v) is 1.99. The van der Waals surface area contributed by atoms with Gasteiger partial charge in [0.2, 0.25) is 0 Å². The average Bonchev–Trinajstić information content (AvgIpc) is 2.70. The van der Waals surface area contributed by atoms with Gasteiger partial charge in [-0.1, -0.05) is 36.4 Å². The lowest BCUT2D eigenvalue weighted by Crippen LogP contribution is -2.44. The number of aliphatic hydroxyl groups excluding tert-OH is 4. The van der Waals surface area contributed by atoms with Crippen LogP contribution in [-0.2, 0) is 0 Å². The number of para-hydroxylation sites is 2. The SMILES string of the molecule is OC[C@H](O)[C@H](O)C(O)C(C=NNc1ccccc1)=NNc1ccccc1. The number of rotatable bonds is 9. The summed E-state index contributed by atoms with van der Waals surface area (Å²) in [6.07, 6.45) is -3.47. The van der Waals surface area contributed by atoms with Crippen LogP contribution < -0.4 is 10.9 Å². The fraction of sp³-hybridized carbons (Fsp3) is 0.222. The van der Waals surface area contributed by atoms with Crippen molar-refractivity contribution in [2.45, 2.75) is 18.3 Å². The molecule has 26 heavy (non-hydrogen) atoms. The Kier molecular flexibility index (Phi) is 7.72. The number of nitrogens with zero attached hydrogens (tertiary/aromatic N) is 2. The molecule has 0 heterocycles. The maximum Gasteiger partial charge on any atom is 0.128 e. The highest BCUT2D eigenvalue weighted by atomic mass is 16.4. The van der Waals surface area contributed by atoms with Crippen molar-refractivity contribution in [3.05, 3.63) is 60.7 Å². The number of benzene rings is 2. The quantitative estimate of drug-likeness (QED) is 0.288. The number of hydrogen-bond acceptors (Lipinski definition) is 8. The van der Waals surface area contributed by atoms with E-state index >= 15 is 0 Å². The van der Waals surface area contributed by atoms with Crippen LogP contribution in [-0.4, -0.2) is 57.3 Å². The lowest BCUT2D eigenvalue weighted by Gasteiger charge is -2.21. The fourth-order valence-electron chi connectivity index (χ4n) is 1.99. The van der Waals surface area contributed by atoms with Gasteiger partial charge in [-0.25, -0.2) is 0 Å². The molecule has 0 aliphatic rings. The second-order valence-corrected chi connectivity index (χ2v) is 5.44. The Balaban J connectivity index is 2.14. The highest BCUT2D eigenvalue weighted by Gasteiger charge is 2.27. The molecule has 0 aromatic heterocycles. The van der Waals surface area contributed by atoms with Crippen molar-refractivity contribution in [3.63, 3.8) is 0 Å². The van der Waals surface area contributed by atoms with E-state index in [1.165, 1.54) is 6.21 Å². The second-order valence-electron chi connectivity index (χ2n) is 5.44. The Bertz CT molecular complexity index is 710. The minimum absolute atomic E-state index is 0.0303. The van der Waals surface area contributed by atoms with E-state index < -0.39 is 24.9 Å². The third kappa shape index (κ3) is 5.94. The molecule has 0 amide bonds. The van der Waals surface area contributed by atoms with E-state index in [9.17, 15) is 15.3 Å². The van der Waals surface area contributed by atoms with Gasteiger partial charge in [-0.05, 0) is 24.3 Å². The maximum atomic E-state index is 10.2. The summed E-state index contributed by atoms with van der Waals surface area (Å²) in [5.74, 6) is 0. The van der Waals surface area contributed by atoms with E-state index in [0.717, 1.165) is 5.69 Å². The Morgan fingerprint density at radius 2 is 1.42 bits per heavy atom. The molecule has 2 aromatic rings. The van der Waals surface area contributed by atoms with E-state index in [1.54, 1.807) is 24.3 Å². The average molecular weight is 358 g/mol. The second kappa shape index (κ2) is 10.3. The number of nitrogens with one attached hydrogen (secondary N) is 2. The monoisotopic (exact) mass is 358 g/mol. The lowest BCUT2D eigenvalue weighted by atomic mass is 10.0. The largest absolute Gasteiger partial charge is 0.394 e. The van der Waals surface area contributed by atoms with Crippen LogP contribution in [0.3, 0.4) is 0 Å². The van der Waals surface area contributed by atoms with Gasteiger partial charge in [0.25, 0.3) is 0 Å². The van der Waals surface area contributed by atoms with Crippen LogP contribution in [0.15, 0.2) is 70.9 Å². The van der Waals surface area contributed by atoms with Gasteiger partial charge in [0, 0.05) is 0 Å². The van der Waals surface area contributed by atoms with Gasteiger partial charge in [0.15, 0.2) is 0 Å². The molecule has 2 aromatic carbocycles. The van der Waals surface area contributed by atoms with Crippen molar-refractivity contribution in [2.75, 3.05) is 17.5 Å². The van der Waals surface area contributed by atoms with E-state index in [2.05, 4.69) is 21.1 Å². The van der Waals surface area contributed by atoms with Gasteiger partial charge >= 0.3 is 0 Å². The number of anilines is 2. The number of hydrazone groups is 2. The summed E-state index contributed by atoms with van der Waals surface area (Å²) in [7, 11) is 0. The highest BCUT2D eigenvalue weighted by molar-refractivity contribution is 6.33. The first-order valence-electron chi connectivity index (χ1n) is 7.99. The Morgan fingerprint density at radius 1 is 0.885 bits per heavy atom. The Morgan fingerprint density at radius 3 is 1.96 bits per heavy atom. The molecule has 0 spiro atoms. The lowest BCUT2D eigenvalue weighted by molar-refractivity contribution is -0.0548. The summed E-state index contributed by atoms with van der Waals surface area (Å²) >= 11 is 0. The molecule has 6 N–H and O–H groups in total. The first-order valence-corrected chi connectivity index (χ1v) is 7.99. The number of hydrogen-bond donors (Lipinski definition) is 6. The summed E-state index contributed by atoms with van der Waals surface area (Å²) < 4.78 is 0. The summed E-state index contributed by atoms with van der Waals surface area (Å²) in [4.78, 5) is 0. The molecule has 8 heteroatoms. The van der Waals surface area contributed by atoms with Crippen molar-refractivity contribution in [3.8, 4) is 0 Å². The van der Waals surface area contributed by atoms with Crippen molar-refractivity contribution < 1.29 is 20.4 Å². The van der Waals surface area contributed by atoms with Crippen molar-refractivity contribution in [1.29, 1.82) is 0 Å². The van der Waals surface area contributed by atoms with Gasteiger partial charge in [-0.15, -0.1) is 0 Å². The zero-order valence-corrected chi connectivity index (χ0v) is 14.0. The van der Waals surface area contributed by atoms with Crippen molar-refractivity contribution in [1.82, 2.24) is 0 Å².